The number of nitrogens with zero attached hydrogens (tertiary/aromatic N) is 4. The molecule has 0 spiro atoms. The first-order chi connectivity index (χ1) is 14.5. The van der Waals surface area contributed by atoms with Gasteiger partial charge in [-0.15, -0.1) is 0 Å². The van der Waals surface area contributed by atoms with Gasteiger partial charge in [0.05, 0.1) is 23.8 Å². The van der Waals surface area contributed by atoms with E-state index in [1.165, 1.54) is 18.5 Å². The van der Waals surface area contributed by atoms with Crippen LogP contribution in [0, 0.1) is 5.82 Å². The van der Waals surface area contributed by atoms with Gasteiger partial charge in [0, 0.05) is 4.47 Å². The van der Waals surface area contributed by atoms with E-state index in [2.05, 4.69) is 30.9 Å². The summed E-state index contributed by atoms with van der Waals surface area (Å²) in [6.45, 7) is 0.181. The average molecular weight is 466 g/mol. The van der Waals surface area contributed by atoms with E-state index in [9.17, 15) is 9.18 Å². The van der Waals surface area contributed by atoms with Crippen LogP contribution in [-0.2, 0) is 6.54 Å². The van der Waals surface area contributed by atoms with E-state index in [0.717, 1.165) is 4.47 Å². The van der Waals surface area contributed by atoms with Crippen molar-refractivity contribution in [3.63, 3.8) is 0 Å². The van der Waals surface area contributed by atoms with Gasteiger partial charge in [-0.2, -0.15) is 0 Å². The molecule has 5 rings (SSSR count). The number of hydrogen-bond acceptors (Lipinski definition) is 6. The second-order valence-electron chi connectivity index (χ2n) is 6.68. The summed E-state index contributed by atoms with van der Waals surface area (Å²) >= 11 is 3.39. The van der Waals surface area contributed by atoms with E-state index < -0.39 is 0 Å². The van der Waals surface area contributed by atoms with Gasteiger partial charge in [-0.05, 0) is 35.9 Å². The Balaban J connectivity index is 1.76. The minimum Gasteiger partial charge on any atom is -0.458 e. The first-order valence-electron chi connectivity index (χ1n) is 8.94. The molecule has 0 atom stereocenters. The molecule has 3 aromatic heterocycles. The number of halogens is 2. The molecule has 148 valence electrons. The van der Waals surface area contributed by atoms with Crippen LogP contribution in [0.2, 0.25) is 0 Å². The van der Waals surface area contributed by atoms with Crippen molar-refractivity contribution < 1.29 is 8.81 Å². The van der Waals surface area contributed by atoms with Gasteiger partial charge in [0.25, 0.3) is 0 Å². The molecule has 2 aromatic carbocycles. The summed E-state index contributed by atoms with van der Waals surface area (Å²) in [5.74, 6) is 0.279. The Labute approximate surface area is 177 Å². The smallest absolute Gasteiger partial charge is 0.200 e. The van der Waals surface area contributed by atoms with Crippen LogP contribution >= 0.6 is 15.9 Å². The lowest BCUT2D eigenvalue weighted by Gasteiger charge is -2.11. The Morgan fingerprint density at radius 1 is 1.10 bits per heavy atom. The lowest BCUT2D eigenvalue weighted by molar-refractivity contribution is 0.521. The number of rotatable bonds is 3. The van der Waals surface area contributed by atoms with E-state index in [1.807, 2.05) is 0 Å². The van der Waals surface area contributed by atoms with E-state index >= 15 is 0 Å². The van der Waals surface area contributed by atoms with Crippen molar-refractivity contribution in [1.82, 2.24) is 19.5 Å². The summed E-state index contributed by atoms with van der Waals surface area (Å²) < 4.78 is 22.1. The molecule has 0 radical (unpaired) electrons. The zero-order chi connectivity index (χ0) is 20.8. The SMILES string of the molecule is Nc1ncnc2c1ncn2Cc1oc2ccc(Br)cc2c(=O)c1-c1ccc(F)cc1. The summed E-state index contributed by atoms with van der Waals surface area (Å²) in [6, 6.07) is 11.0. The van der Waals surface area contributed by atoms with Crippen LogP contribution in [-0.4, -0.2) is 19.5 Å². The number of aromatic nitrogens is 4. The third kappa shape index (κ3) is 3.03. The summed E-state index contributed by atoms with van der Waals surface area (Å²) in [6.07, 6.45) is 2.92. The topological polar surface area (TPSA) is 99.8 Å². The Bertz CT molecular complexity index is 1480. The molecule has 0 amide bonds. The van der Waals surface area contributed by atoms with Crippen molar-refractivity contribution in [2.45, 2.75) is 6.54 Å². The summed E-state index contributed by atoms with van der Waals surface area (Å²) in [7, 11) is 0. The fourth-order valence-electron chi connectivity index (χ4n) is 3.40. The molecule has 0 bridgehead atoms. The van der Waals surface area contributed by atoms with Crippen LogP contribution < -0.4 is 11.2 Å². The Morgan fingerprint density at radius 3 is 2.70 bits per heavy atom. The average Bonchev–Trinajstić information content (AvgIpc) is 3.14. The van der Waals surface area contributed by atoms with Gasteiger partial charge in [-0.25, -0.2) is 19.3 Å². The highest BCUT2D eigenvalue weighted by molar-refractivity contribution is 9.10. The fourth-order valence-corrected chi connectivity index (χ4v) is 3.76. The molecular formula is C21H13BrFN5O2. The molecule has 0 saturated heterocycles. The molecule has 0 aliphatic heterocycles. The van der Waals surface area contributed by atoms with Crippen LogP contribution in [0.4, 0.5) is 10.2 Å². The van der Waals surface area contributed by atoms with Crippen LogP contribution in [0.3, 0.4) is 0 Å². The molecule has 0 unspecified atom stereocenters. The van der Waals surface area contributed by atoms with Gasteiger partial charge in [-0.1, -0.05) is 28.1 Å². The standard InChI is InChI=1S/C21H13BrFN5O2/c22-12-3-6-15-14(7-12)19(29)17(11-1-4-13(23)5-2-11)16(30-15)8-28-10-27-18-20(24)25-9-26-21(18)28/h1-7,9-10H,8H2,(H2,24,25,26). The van der Waals surface area contributed by atoms with Crippen molar-refractivity contribution >= 4 is 43.9 Å². The fraction of sp³-hybridized carbons (Fsp3) is 0.0476. The van der Waals surface area contributed by atoms with Crippen molar-refractivity contribution in [3.8, 4) is 11.1 Å². The van der Waals surface area contributed by atoms with Crippen LogP contribution in [0.5, 0.6) is 0 Å². The van der Waals surface area contributed by atoms with Crippen molar-refractivity contribution in [3.05, 3.63) is 81.4 Å². The van der Waals surface area contributed by atoms with Gasteiger partial charge in [0.2, 0.25) is 5.43 Å². The van der Waals surface area contributed by atoms with Gasteiger partial charge in [0.1, 0.15) is 29.0 Å². The molecule has 30 heavy (non-hydrogen) atoms. The van der Waals surface area contributed by atoms with Crippen molar-refractivity contribution in [2.75, 3.05) is 5.73 Å². The maximum absolute atomic E-state index is 13.5. The van der Waals surface area contributed by atoms with E-state index in [-0.39, 0.29) is 23.6 Å². The second kappa shape index (κ2) is 7.03. The Kier molecular flexibility index (Phi) is 4.32. The number of imidazole rings is 1. The molecule has 2 N–H and O–H groups in total. The van der Waals surface area contributed by atoms with Crippen molar-refractivity contribution in [1.29, 1.82) is 0 Å². The van der Waals surface area contributed by atoms with E-state index in [0.29, 0.717) is 39.0 Å². The molecule has 3 heterocycles. The van der Waals surface area contributed by atoms with Crippen LogP contribution in [0.25, 0.3) is 33.3 Å². The number of fused-ring (bicyclic) bond motifs is 2. The van der Waals surface area contributed by atoms with Crippen molar-refractivity contribution in [2.24, 2.45) is 0 Å². The van der Waals surface area contributed by atoms with Crippen LogP contribution in [0.15, 0.2) is 68.8 Å². The molecular weight excluding hydrogens is 453 g/mol. The minimum atomic E-state index is -0.388. The second-order valence-corrected chi connectivity index (χ2v) is 7.60. The number of anilines is 1. The Morgan fingerprint density at radius 2 is 1.90 bits per heavy atom. The zero-order valence-electron chi connectivity index (χ0n) is 15.3. The highest BCUT2D eigenvalue weighted by atomic mass is 79.9. The zero-order valence-corrected chi connectivity index (χ0v) is 16.9. The number of nitrogen functional groups attached to an aromatic ring is 1. The largest absolute Gasteiger partial charge is 0.458 e. The van der Waals surface area contributed by atoms with Gasteiger partial charge in [-0.3, -0.25) is 4.79 Å². The maximum Gasteiger partial charge on any atom is 0.200 e. The lowest BCUT2D eigenvalue weighted by Crippen LogP contribution is -2.12. The first-order valence-corrected chi connectivity index (χ1v) is 9.73. The molecule has 0 saturated carbocycles. The quantitative estimate of drug-likeness (QED) is 0.429. The molecule has 5 aromatic rings. The van der Waals surface area contributed by atoms with Gasteiger partial charge >= 0.3 is 0 Å². The highest BCUT2D eigenvalue weighted by Crippen LogP contribution is 2.28. The minimum absolute atomic E-state index is 0.181. The Hall–Kier alpha value is -3.59. The molecule has 0 aliphatic rings. The van der Waals surface area contributed by atoms with E-state index in [4.69, 9.17) is 10.2 Å². The number of hydrogen-bond donors (Lipinski definition) is 1. The molecule has 7 nitrogen and oxygen atoms in total. The predicted octanol–water partition coefficient (Wildman–Crippen LogP) is 4.13. The third-order valence-electron chi connectivity index (χ3n) is 4.80. The molecule has 9 heteroatoms. The van der Waals surface area contributed by atoms with Crippen LogP contribution in [0.1, 0.15) is 5.76 Å². The number of benzene rings is 2. The molecule has 0 fully saturated rings. The normalized spacial score (nSPS) is 11.4. The maximum atomic E-state index is 13.5. The van der Waals surface area contributed by atoms with Gasteiger partial charge < -0.3 is 14.7 Å². The summed E-state index contributed by atoms with van der Waals surface area (Å²) in [4.78, 5) is 25.8. The highest BCUT2D eigenvalue weighted by Gasteiger charge is 2.19. The first kappa shape index (κ1) is 18.4. The third-order valence-corrected chi connectivity index (χ3v) is 5.29. The number of nitrogens with two attached hydrogens (primary N) is 1. The summed E-state index contributed by atoms with van der Waals surface area (Å²) in [5.41, 5.74) is 8.00. The lowest BCUT2D eigenvalue weighted by atomic mass is 10.0. The monoisotopic (exact) mass is 465 g/mol. The van der Waals surface area contributed by atoms with E-state index in [1.54, 1.807) is 41.2 Å². The predicted molar refractivity (Wildman–Crippen MR) is 114 cm³/mol. The molecule has 0 aliphatic carbocycles. The van der Waals surface area contributed by atoms with Gasteiger partial charge in [0.15, 0.2) is 11.5 Å². The summed E-state index contributed by atoms with van der Waals surface area (Å²) in [5, 5.41) is 0.425.